The fourth-order valence-corrected chi connectivity index (χ4v) is 3.97. The van der Waals surface area contributed by atoms with Gasteiger partial charge in [0.15, 0.2) is 5.82 Å². The summed E-state index contributed by atoms with van der Waals surface area (Å²) < 4.78 is 5.46. The second-order valence-electron chi connectivity index (χ2n) is 5.76. The number of hydrogen-bond donors (Lipinski definition) is 1. The van der Waals surface area contributed by atoms with Crippen LogP contribution in [0.1, 0.15) is 56.3 Å². The van der Waals surface area contributed by atoms with Crippen LogP contribution < -0.4 is 5.73 Å². The number of rotatable bonds is 3. The maximum atomic E-state index is 5.83. The van der Waals surface area contributed by atoms with Crippen LogP contribution in [0.5, 0.6) is 0 Å². The van der Waals surface area contributed by atoms with Crippen molar-refractivity contribution in [2.24, 2.45) is 5.92 Å². The Morgan fingerprint density at radius 3 is 3.00 bits per heavy atom. The molecule has 1 saturated carbocycles. The maximum absolute atomic E-state index is 5.83. The Bertz CT molecular complexity index is 590. The average Bonchev–Trinajstić information content (AvgIpc) is 3.05. The summed E-state index contributed by atoms with van der Waals surface area (Å²) in [6, 6.07) is 1.96. The van der Waals surface area contributed by atoms with E-state index >= 15 is 0 Å². The van der Waals surface area contributed by atoms with E-state index in [4.69, 9.17) is 10.3 Å². The van der Waals surface area contributed by atoms with Gasteiger partial charge in [0.1, 0.15) is 0 Å². The maximum Gasteiger partial charge on any atom is 0.268 e. The minimum atomic E-state index is 0.462. The smallest absolute Gasteiger partial charge is 0.268 e. The molecule has 108 valence electrons. The van der Waals surface area contributed by atoms with Crippen LogP contribution in [0.3, 0.4) is 0 Å². The number of hydrogen-bond acceptors (Lipinski definition) is 5. The molecule has 4 nitrogen and oxygen atoms in total. The van der Waals surface area contributed by atoms with Gasteiger partial charge in [0, 0.05) is 5.92 Å². The molecular weight excluding hydrogens is 270 g/mol. The quantitative estimate of drug-likeness (QED) is 0.911. The van der Waals surface area contributed by atoms with Crippen LogP contribution in [0, 0.1) is 12.8 Å². The van der Waals surface area contributed by atoms with Gasteiger partial charge >= 0.3 is 0 Å². The van der Waals surface area contributed by atoms with Crippen molar-refractivity contribution in [3.63, 3.8) is 0 Å². The number of thiophene rings is 1. The lowest BCUT2D eigenvalue weighted by atomic mass is 9.80. The van der Waals surface area contributed by atoms with Gasteiger partial charge in [-0.25, -0.2) is 0 Å². The molecule has 2 heterocycles. The summed E-state index contributed by atoms with van der Waals surface area (Å²) in [5.74, 6) is 2.78. The van der Waals surface area contributed by atoms with E-state index in [2.05, 4.69) is 17.1 Å². The fraction of sp³-hybridized carbons (Fsp3) is 0.600. The van der Waals surface area contributed by atoms with E-state index in [1.165, 1.54) is 43.4 Å². The molecule has 0 saturated heterocycles. The fourth-order valence-electron chi connectivity index (χ4n) is 3.11. The highest BCUT2D eigenvalue weighted by atomic mass is 32.1. The number of anilines is 1. The molecule has 0 radical (unpaired) electrons. The van der Waals surface area contributed by atoms with Crippen LogP contribution in [0.2, 0.25) is 0 Å². The zero-order chi connectivity index (χ0) is 14.1. The molecule has 1 aliphatic carbocycles. The first kappa shape index (κ1) is 13.6. The SMILES string of the molecule is CCC1CCCC(c2noc(-c3sc(N)cc3C)n2)C1. The van der Waals surface area contributed by atoms with E-state index in [9.17, 15) is 0 Å². The Balaban J connectivity index is 1.81. The molecule has 0 spiro atoms. The summed E-state index contributed by atoms with van der Waals surface area (Å²) in [5.41, 5.74) is 6.94. The summed E-state index contributed by atoms with van der Waals surface area (Å²) in [5, 5.41) is 5.01. The molecule has 5 heteroatoms. The first-order valence-electron chi connectivity index (χ1n) is 7.37. The van der Waals surface area contributed by atoms with E-state index in [0.717, 1.165) is 27.2 Å². The highest BCUT2D eigenvalue weighted by molar-refractivity contribution is 7.19. The van der Waals surface area contributed by atoms with Crippen molar-refractivity contribution >= 4 is 16.3 Å². The van der Waals surface area contributed by atoms with Gasteiger partial charge in [0.25, 0.3) is 5.89 Å². The normalized spacial score (nSPS) is 23.1. The predicted octanol–water partition coefficient (Wildman–Crippen LogP) is 4.37. The second-order valence-corrected chi connectivity index (χ2v) is 6.84. The molecule has 1 aliphatic rings. The third-order valence-electron chi connectivity index (χ3n) is 4.30. The van der Waals surface area contributed by atoms with Gasteiger partial charge in [-0.15, -0.1) is 11.3 Å². The van der Waals surface area contributed by atoms with Crippen molar-refractivity contribution in [2.45, 2.75) is 51.9 Å². The van der Waals surface area contributed by atoms with Crippen LogP contribution in [-0.4, -0.2) is 10.1 Å². The largest absolute Gasteiger partial charge is 0.391 e. The molecule has 0 amide bonds. The van der Waals surface area contributed by atoms with Crippen molar-refractivity contribution in [1.29, 1.82) is 0 Å². The number of nitrogens with zero attached hydrogens (tertiary/aromatic N) is 2. The first-order chi connectivity index (χ1) is 9.67. The van der Waals surface area contributed by atoms with Gasteiger partial charge in [0.05, 0.1) is 9.88 Å². The minimum absolute atomic E-state index is 0.462. The molecule has 3 rings (SSSR count). The summed E-state index contributed by atoms with van der Waals surface area (Å²) in [7, 11) is 0. The molecule has 1 fully saturated rings. The lowest BCUT2D eigenvalue weighted by molar-refractivity contribution is 0.300. The van der Waals surface area contributed by atoms with E-state index in [-0.39, 0.29) is 0 Å². The van der Waals surface area contributed by atoms with Crippen molar-refractivity contribution in [2.75, 3.05) is 5.73 Å². The van der Waals surface area contributed by atoms with E-state index in [0.29, 0.717) is 11.8 Å². The molecule has 0 aromatic carbocycles. The molecule has 0 bridgehead atoms. The first-order valence-corrected chi connectivity index (χ1v) is 8.19. The van der Waals surface area contributed by atoms with Crippen molar-refractivity contribution in [3.05, 3.63) is 17.5 Å². The zero-order valence-corrected chi connectivity index (χ0v) is 12.9. The Kier molecular flexibility index (Phi) is 3.78. The Labute approximate surface area is 123 Å². The third-order valence-corrected chi connectivity index (χ3v) is 5.35. The van der Waals surface area contributed by atoms with E-state index in [1.54, 1.807) is 0 Å². The monoisotopic (exact) mass is 291 g/mol. The van der Waals surface area contributed by atoms with Gasteiger partial charge in [-0.05, 0) is 37.3 Å². The van der Waals surface area contributed by atoms with Gasteiger partial charge in [-0.2, -0.15) is 4.98 Å². The number of nitrogens with two attached hydrogens (primary N) is 1. The van der Waals surface area contributed by atoms with Crippen LogP contribution in [0.15, 0.2) is 10.6 Å². The zero-order valence-electron chi connectivity index (χ0n) is 12.1. The lowest BCUT2D eigenvalue weighted by Crippen LogP contribution is -2.14. The minimum Gasteiger partial charge on any atom is -0.391 e. The van der Waals surface area contributed by atoms with Crippen LogP contribution >= 0.6 is 11.3 Å². The summed E-state index contributed by atoms with van der Waals surface area (Å²) in [6.45, 7) is 4.30. The van der Waals surface area contributed by atoms with Crippen LogP contribution in [-0.2, 0) is 0 Å². The predicted molar refractivity (Wildman–Crippen MR) is 81.8 cm³/mol. The van der Waals surface area contributed by atoms with Gasteiger partial charge in [-0.1, -0.05) is 31.3 Å². The molecule has 20 heavy (non-hydrogen) atoms. The molecule has 2 aromatic heterocycles. The summed E-state index contributed by atoms with van der Waals surface area (Å²) >= 11 is 1.51. The molecule has 2 aromatic rings. The standard InChI is InChI=1S/C15H21N3OS/c1-3-10-5-4-6-11(8-10)14-17-15(19-18-14)13-9(2)7-12(16)20-13/h7,10-11H,3-6,8,16H2,1-2H3. The van der Waals surface area contributed by atoms with Gasteiger partial charge in [0.2, 0.25) is 0 Å². The van der Waals surface area contributed by atoms with Gasteiger partial charge in [-0.3, -0.25) is 0 Å². The molecule has 0 aliphatic heterocycles. The Hall–Kier alpha value is -1.36. The molecule has 2 atom stereocenters. The number of nitrogen functional groups attached to an aromatic ring is 1. The molecule has 2 unspecified atom stereocenters. The van der Waals surface area contributed by atoms with Crippen LogP contribution in [0.25, 0.3) is 10.8 Å². The number of aromatic nitrogens is 2. The summed E-state index contributed by atoms with van der Waals surface area (Å²) in [4.78, 5) is 5.63. The highest BCUT2D eigenvalue weighted by Gasteiger charge is 2.26. The number of aryl methyl sites for hydroxylation is 1. The topological polar surface area (TPSA) is 64.9 Å². The Morgan fingerprint density at radius 1 is 1.45 bits per heavy atom. The lowest BCUT2D eigenvalue weighted by Gasteiger charge is -2.26. The Morgan fingerprint density at radius 2 is 2.30 bits per heavy atom. The third kappa shape index (κ3) is 2.59. The van der Waals surface area contributed by atoms with E-state index < -0.39 is 0 Å². The molecule has 2 N–H and O–H groups in total. The van der Waals surface area contributed by atoms with Gasteiger partial charge < -0.3 is 10.3 Å². The van der Waals surface area contributed by atoms with Crippen molar-refractivity contribution < 1.29 is 4.52 Å². The van der Waals surface area contributed by atoms with Crippen molar-refractivity contribution in [3.8, 4) is 10.8 Å². The second kappa shape index (κ2) is 5.56. The average molecular weight is 291 g/mol. The van der Waals surface area contributed by atoms with Crippen LogP contribution in [0.4, 0.5) is 5.00 Å². The summed E-state index contributed by atoms with van der Waals surface area (Å²) in [6.07, 6.45) is 6.25. The highest BCUT2D eigenvalue weighted by Crippen LogP contribution is 2.38. The van der Waals surface area contributed by atoms with E-state index in [1.807, 2.05) is 13.0 Å². The molecular formula is C15H21N3OS. The van der Waals surface area contributed by atoms with Crippen molar-refractivity contribution in [1.82, 2.24) is 10.1 Å².